The van der Waals surface area contributed by atoms with E-state index in [1.807, 2.05) is 47.7 Å². The van der Waals surface area contributed by atoms with Gasteiger partial charge in [-0.25, -0.2) is 0 Å². The van der Waals surface area contributed by atoms with Crippen LogP contribution in [-0.4, -0.2) is 30.4 Å². The van der Waals surface area contributed by atoms with Crippen LogP contribution in [0.4, 0.5) is 0 Å². The Hall–Kier alpha value is -1.91. The molecule has 1 aliphatic rings. The molecule has 0 fully saturated rings. The molecule has 2 aromatic rings. The van der Waals surface area contributed by atoms with Crippen molar-refractivity contribution < 1.29 is 4.79 Å². The summed E-state index contributed by atoms with van der Waals surface area (Å²) in [5.41, 5.74) is 2.49. The highest BCUT2D eigenvalue weighted by molar-refractivity contribution is 7.10. The summed E-state index contributed by atoms with van der Waals surface area (Å²) in [4.78, 5) is 15.7. The Morgan fingerprint density at radius 1 is 1.27 bits per heavy atom. The number of nitrogens with zero attached hydrogens (tertiary/aromatic N) is 1. The minimum Gasteiger partial charge on any atom is -0.351 e. The van der Waals surface area contributed by atoms with Gasteiger partial charge in [-0.15, -0.1) is 11.3 Å². The first-order chi connectivity index (χ1) is 10.8. The van der Waals surface area contributed by atoms with Crippen LogP contribution >= 0.6 is 11.3 Å². The molecular weight excluding hydrogens is 292 g/mol. The molecule has 0 unspecified atom stereocenters. The molecule has 0 saturated heterocycles. The van der Waals surface area contributed by atoms with Gasteiger partial charge >= 0.3 is 0 Å². The average Bonchev–Trinajstić information content (AvgIpc) is 3.02. The van der Waals surface area contributed by atoms with Gasteiger partial charge in [-0.3, -0.25) is 9.69 Å². The maximum Gasteiger partial charge on any atom is 0.244 e. The lowest BCUT2D eigenvalue weighted by Crippen LogP contribution is -2.37. The Labute approximate surface area is 135 Å². The topological polar surface area (TPSA) is 32.3 Å². The van der Waals surface area contributed by atoms with E-state index in [1.165, 1.54) is 10.4 Å². The number of carbonyl (C=O) groups is 1. The van der Waals surface area contributed by atoms with Crippen molar-refractivity contribution in [2.45, 2.75) is 13.0 Å². The van der Waals surface area contributed by atoms with Crippen LogP contribution < -0.4 is 5.32 Å². The van der Waals surface area contributed by atoms with Crippen molar-refractivity contribution in [2.75, 3.05) is 19.6 Å². The van der Waals surface area contributed by atoms with Gasteiger partial charge in [0.05, 0.1) is 0 Å². The predicted octanol–water partition coefficient (Wildman–Crippen LogP) is 2.94. The lowest BCUT2D eigenvalue weighted by Gasteiger charge is -2.26. The van der Waals surface area contributed by atoms with Crippen LogP contribution in [0, 0.1) is 0 Å². The minimum atomic E-state index is -0.0305. The van der Waals surface area contributed by atoms with Crippen molar-refractivity contribution in [1.82, 2.24) is 10.2 Å². The van der Waals surface area contributed by atoms with Crippen molar-refractivity contribution >= 4 is 23.3 Å². The van der Waals surface area contributed by atoms with Gasteiger partial charge in [-0.05, 0) is 35.1 Å². The van der Waals surface area contributed by atoms with Gasteiger partial charge in [0.25, 0.3) is 0 Å². The molecule has 1 amide bonds. The first-order valence-corrected chi connectivity index (χ1v) is 8.48. The third kappa shape index (κ3) is 4.06. The van der Waals surface area contributed by atoms with Crippen LogP contribution in [0.15, 0.2) is 47.9 Å². The molecule has 0 spiro atoms. The Morgan fingerprint density at radius 2 is 2.14 bits per heavy atom. The fourth-order valence-electron chi connectivity index (χ4n) is 2.63. The van der Waals surface area contributed by atoms with Gasteiger partial charge in [0.2, 0.25) is 5.91 Å². The summed E-state index contributed by atoms with van der Waals surface area (Å²) in [7, 11) is 0. The smallest absolute Gasteiger partial charge is 0.244 e. The number of carbonyl (C=O) groups excluding carboxylic acids is 1. The number of amides is 1. The van der Waals surface area contributed by atoms with E-state index in [0.717, 1.165) is 31.6 Å². The van der Waals surface area contributed by atoms with Crippen molar-refractivity contribution in [1.29, 1.82) is 0 Å². The minimum absolute atomic E-state index is 0.0305. The maximum atomic E-state index is 11.8. The van der Waals surface area contributed by atoms with E-state index in [0.29, 0.717) is 6.54 Å². The van der Waals surface area contributed by atoms with E-state index in [1.54, 1.807) is 6.08 Å². The molecule has 22 heavy (non-hydrogen) atoms. The van der Waals surface area contributed by atoms with E-state index in [4.69, 9.17) is 0 Å². The zero-order valence-electron chi connectivity index (χ0n) is 12.5. The van der Waals surface area contributed by atoms with E-state index in [-0.39, 0.29) is 5.91 Å². The molecule has 2 heterocycles. The van der Waals surface area contributed by atoms with Crippen molar-refractivity contribution in [2.24, 2.45) is 0 Å². The molecule has 0 bridgehead atoms. The molecule has 0 saturated carbocycles. The van der Waals surface area contributed by atoms with Crippen molar-refractivity contribution in [3.63, 3.8) is 0 Å². The highest BCUT2D eigenvalue weighted by Gasteiger charge is 2.16. The van der Waals surface area contributed by atoms with Gasteiger partial charge < -0.3 is 5.32 Å². The lowest BCUT2D eigenvalue weighted by atomic mass is 10.1. The second-order valence-electron chi connectivity index (χ2n) is 5.43. The number of hydrogen-bond donors (Lipinski definition) is 1. The van der Waals surface area contributed by atoms with Crippen LogP contribution in [0.3, 0.4) is 0 Å². The maximum absolute atomic E-state index is 11.8. The number of nitrogens with one attached hydrogen (secondary N) is 1. The number of rotatable bonds is 5. The Balaban J connectivity index is 1.40. The van der Waals surface area contributed by atoms with Crippen LogP contribution in [0.25, 0.3) is 6.08 Å². The molecule has 1 N–H and O–H groups in total. The summed E-state index contributed by atoms with van der Waals surface area (Å²) in [5, 5.41) is 5.12. The molecule has 114 valence electrons. The van der Waals surface area contributed by atoms with Crippen LogP contribution in [0.2, 0.25) is 0 Å². The van der Waals surface area contributed by atoms with E-state index in [2.05, 4.69) is 21.7 Å². The number of hydrogen-bond acceptors (Lipinski definition) is 3. The molecule has 0 atom stereocenters. The Bertz CT molecular complexity index is 648. The summed E-state index contributed by atoms with van der Waals surface area (Å²) in [6.07, 6.45) is 4.57. The third-order valence-corrected chi connectivity index (χ3v) is 4.86. The molecule has 0 aliphatic carbocycles. The second-order valence-corrected chi connectivity index (χ2v) is 6.43. The highest BCUT2D eigenvalue weighted by Crippen LogP contribution is 2.23. The fourth-order valence-corrected chi connectivity index (χ4v) is 3.52. The predicted molar refractivity (Wildman–Crippen MR) is 91.8 cm³/mol. The standard InChI is InChI=1S/C18H20N2OS/c21-18(7-6-15-4-2-1-3-5-15)19-10-12-20-11-8-17-16(14-20)9-13-22-17/h1-7,9,13H,8,10-12,14H2,(H,19,21)/b7-6+. The zero-order valence-corrected chi connectivity index (χ0v) is 13.3. The monoisotopic (exact) mass is 312 g/mol. The summed E-state index contributed by atoms with van der Waals surface area (Å²) < 4.78 is 0. The molecule has 3 rings (SSSR count). The SMILES string of the molecule is O=C(/C=C/c1ccccc1)NCCN1CCc2sccc2C1. The molecule has 1 aromatic heterocycles. The van der Waals surface area contributed by atoms with E-state index < -0.39 is 0 Å². The van der Waals surface area contributed by atoms with Crippen LogP contribution in [0.1, 0.15) is 16.0 Å². The summed E-state index contributed by atoms with van der Waals surface area (Å²) >= 11 is 1.86. The van der Waals surface area contributed by atoms with Crippen LogP contribution in [-0.2, 0) is 17.8 Å². The number of benzene rings is 1. The van der Waals surface area contributed by atoms with Gasteiger partial charge in [-0.1, -0.05) is 30.3 Å². The molecule has 1 aromatic carbocycles. The molecule has 4 heteroatoms. The average molecular weight is 312 g/mol. The summed E-state index contributed by atoms with van der Waals surface area (Å²) in [6.45, 7) is 3.69. The summed E-state index contributed by atoms with van der Waals surface area (Å²) in [5.74, 6) is -0.0305. The normalized spacial score (nSPS) is 14.9. The second kappa shape index (κ2) is 7.38. The zero-order chi connectivity index (χ0) is 15.2. The Morgan fingerprint density at radius 3 is 3.00 bits per heavy atom. The first-order valence-electron chi connectivity index (χ1n) is 7.60. The molecular formula is C18H20N2OS. The van der Waals surface area contributed by atoms with E-state index >= 15 is 0 Å². The fraction of sp³-hybridized carbons (Fsp3) is 0.278. The molecule has 0 radical (unpaired) electrons. The first kappa shape index (κ1) is 15.0. The van der Waals surface area contributed by atoms with Crippen LogP contribution in [0.5, 0.6) is 0 Å². The number of fused-ring (bicyclic) bond motifs is 1. The van der Waals surface area contributed by atoms with Gasteiger partial charge in [0.1, 0.15) is 0 Å². The van der Waals surface area contributed by atoms with Gasteiger partial charge in [-0.2, -0.15) is 0 Å². The molecule has 3 nitrogen and oxygen atoms in total. The number of thiophene rings is 1. The van der Waals surface area contributed by atoms with Gasteiger partial charge in [0.15, 0.2) is 0 Å². The Kier molecular flexibility index (Phi) is 5.03. The quantitative estimate of drug-likeness (QED) is 0.861. The summed E-state index contributed by atoms with van der Waals surface area (Å²) in [6, 6.07) is 12.1. The highest BCUT2D eigenvalue weighted by atomic mass is 32.1. The lowest BCUT2D eigenvalue weighted by molar-refractivity contribution is -0.116. The van der Waals surface area contributed by atoms with Crippen molar-refractivity contribution in [3.8, 4) is 0 Å². The largest absolute Gasteiger partial charge is 0.351 e. The third-order valence-electron chi connectivity index (χ3n) is 3.84. The van der Waals surface area contributed by atoms with Crippen molar-refractivity contribution in [3.05, 3.63) is 63.9 Å². The van der Waals surface area contributed by atoms with Gasteiger partial charge in [0, 0.05) is 37.1 Å². The van der Waals surface area contributed by atoms with E-state index in [9.17, 15) is 4.79 Å². The molecule has 1 aliphatic heterocycles.